The first-order valence-corrected chi connectivity index (χ1v) is 12.5. The van der Waals surface area contributed by atoms with Crippen LogP contribution < -0.4 is 0 Å². The molecule has 0 aliphatic carbocycles. The SMILES string of the molecule is O=C1/C(=C/c2cc(Br)cc(Br)c2O)S/C(=N/N=C\c2cccc(Cl)c2Cl)N1Cc1ccco1. The molecule has 6 nitrogen and oxygen atoms in total. The second kappa shape index (κ2) is 10.5. The molecular weight excluding hydrogens is 617 g/mol. The number of amides is 1. The maximum absolute atomic E-state index is 13.2. The zero-order valence-corrected chi connectivity index (χ0v) is 22.0. The summed E-state index contributed by atoms with van der Waals surface area (Å²) in [5.41, 5.74) is 1.07. The molecule has 2 heterocycles. The van der Waals surface area contributed by atoms with E-state index in [1.165, 1.54) is 17.4 Å². The van der Waals surface area contributed by atoms with Gasteiger partial charge in [0.15, 0.2) is 5.17 Å². The van der Waals surface area contributed by atoms with Gasteiger partial charge in [0.05, 0.1) is 38.4 Å². The van der Waals surface area contributed by atoms with E-state index in [0.29, 0.717) is 41.5 Å². The summed E-state index contributed by atoms with van der Waals surface area (Å²) in [4.78, 5) is 15.0. The molecule has 0 spiro atoms. The predicted molar refractivity (Wildman–Crippen MR) is 140 cm³/mol. The van der Waals surface area contributed by atoms with Crippen LogP contribution in [-0.2, 0) is 11.3 Å². The molecular formula is C22H13Br2Cl2N3O3S. The highest BCUT2D eigenvalue weighted by molar-refractivity contribution is 9.11. The largest absolute Gasteiger partial charge is 0.506 e. The third-order valence-corrected chi connectivity index (χ3v) is 7.34. The van der Waals surface area contributed by atoms with E-state index in [9.17, 15) is 9.90 Å². The smallest absolute Gasteiger partial charge is 0.267 e. The molecule has 1 aliphatic rings. The first-order valence-electron chi connectivity index (χ1n) is 9.30. The van der Waals surface area contributed by atoms with Crippen molar-refractivity contribution in [3.8, 4) is 5.75 Å². The minimum absolute atomic E-state index is 0.0238. The molecule has 1 N–H and O–H groups in total. The van der Waals surface area contributed by atoms with Gasteiger partial charge in [-0.1, -0.05) is 51.3 Å². The number of nitrogens with zero attached hydrogens (tertiary/aromatic N) is 3. The predicted octanol–water partition coefficient (Wildman–Crippen LogP) is 7.32. The average Bonchev–Trinajstić information content (AvgIpc) is 3.39. The monoisotopic (exact) mass is 627 g/mol. The summed E-state index contributed by atoms with van der Waals surface area (Å²) in [6, 6.07) is 12.1. The minimum atomic E-state index is -0.290. The quantitative estimate of drug-likeness (QED) is 0.182. The first kappa shape index (κ1) is 24.1. The lowest BCUT2D eigenvalue weighted by molar-refractivity contribution is -0.122. The van der Waals surface area contributed by atoms with Crippen molar-refractivity contribution in [1.29, 1.82) is 0 Å². The fourth-order valence-electron chi connectivity index (χ4n) is 2.88. The Bertz CT molecular complexity index is 1310. The van der Waals surface area contributed by atoms with Crippen molar-refractivity contribution in [2.45, 2.75) is 6.54 Å². The van der Waals surface area contributed by atoms with Gasteiger partial charge in [0.1, 0.15) is 11.5 Å². The summed E-state index contributed by atoms with van der Waals surface area (Å²) in [5.74, 6) is 0.324. The number of hydrogen-bond acceptors (Lipinski definition) is 6. The Kier molecular flexibility index (Phi) is 7.65. The van der Waals surface area contributed by atoms with Gasteiger partial charge in [-0.25, -0.2) is 0 Å². The van der Waals surface area contributed by atoms with Crippen molar-refractivity contribution in [2.75, 3.05) is 0 Å². The van der Waals surface area contributed by atoms with Crippen LogP contribution in [0.3, 0.4) is 0 Å². The highest BCUT2D eigenvalue weighted by Crippen LogP contribution is 2.38. The second-order valence-corrected chi connectivity index (χ2v) is 10.2. The maximum atomic E-state index is 13.2. The van der Waals surface area contributed by atoms with Crippen molar-refractivity contribution in [1.82, 2.24) is 4.90 Å². The van der Waals surface area contributed by atoms with E-state index in [1.807, 2.05) is 0 Å². The van der Waals surface area contributed by atoms with Crippen LogP contribution in [0.4, 0.5) is 0 Å². The van der Waals surface area contributed by atoms with Gasteiger partial charge in [-0.05, 0) is 64.1 Å². The molecule has 1 aromatic heterocycles. The van der Waals surface area contributed by atoms with Crippen molar-refractivity contribution in [2.24, 2.45) is 10.2 Å². The van der Waals surface area contributed by atoms with Crippen LogP contribution in [0.1, 0.15) is 16.9 Å². The van der Waals surface area contributed by atoms with E-state index >= 15 is 0 Å². The summed E-state index contributed by atoms with van der Waals surface area (Å²) in [6.45, 7) is 0.177. The van der Waals surface area contributed by atoms with Crippen LogP contribution in [0.25, 0.3) is 6.08 Å². The fourth-order valence-corrected chi connectivity index (χ4v) is 5.42. The molecule has 0 radical (unpaired) electrons. The minimum Gasteiger partial charge on any atom is -0.506 e. The molecule has 33 heavy (non-hydrogen) atoms. The number of carbonyl (C=O) groups excluding carboxylic acids is 1. The van der Waals surface area contributed by atoms with Crippen LogP contribution in [-0.4, -0.2) is 27.3 Å². The molecule has 1 amide bonds. The Morgan fingerprint density at radius 3 is 2.73 bits per heavy atom. The molecule has 168 valence electrons. The molecule has 0 unspecified atom stereocenters. The number of carbonyl (C=O) groups is 1. The summed E-state index contributed by atoms with van der Waals surface area (Å²) < 4.78 is 6.65. The molecule has 1 saturated heterocycles. The van der Waals surface area contributed by atoms with Gasteiger partial charge >= 0.3 is 0 Å². The molecule has 0 saturated carbocycles. The number of rotatable bonds is 5. The van der Waals surface area contributed by atoms with E-state index in [0.717, 1.165) is 16.2 Å². The fraction of sp³-hybridized carbons (Fsp3) is 0.0455. The van der Waals surface area contributed by atoms with Gasteiger partial charge in [0, 0.05) is 15.6 Å². The highest BCUT2D eigenvalue weighted by atomic mass is 79.9. The highest BCUT2D eigenvalue weighted by Gasteiger charge is 2.34. The van der Waals surface area contributed by atoms with Gasteiger partial charge in [-0.15, -0.1) is 5.10 Å². The third kappa shape index (κ3) is 5.55. The number of thioether (sulfide) groups is 1. The zero-order chi connectivity index (χ0) is 23.5. The van der Waals surface area contributed by atoms with E-state index in [-0.39, 0.29) is 18.2 Å². The van der Waals surface area contributed by atoms with E-state index in [2.05, 4.69) is 42.1 Å². The lowest BCUT2D eigenvalue weighted by Gasteiger charge is -2.12. The molecule has 4 rings (SSSR count). The number of halogens is 4. The number of phenols is 1. The second-order valence-electron chi connectivity index (χ2n) is 6.68. The van der Waals surface area contributed by atoms with Gasteiger partial charge in [-0.2, -0.15) is 5.10 Å². The number of phenolic OH excluding ortho intramolecular Hbond substituents is 1. The van der Waals surface area contributed by atoms with Crippen molar-refractivity contribution in [3.05, 3.63) is 89.5 Å². The van der Waals surface area contributed by atoms with E-state index < -0.39 is 0 Å². The van der Waals surface area contributed by atoms with Crippen LogP contribution in [0.2, 0.25) is 10.0 Å². The maximum Gasteiger partial charge on any atom is 0.267 e. The van der Waals surface area contributed by atoms with E-state index in [4.69, 9.17) is 27.6 Å². The summed E-state index contributed by atoms with van der Waals surface area (Å²) in [5, 5.41) is 19.9. The molecule has 1 fully saturated rings. The van der Waals surface area contributed by atoms with Crippen LogP contribution in [0.15, 0.2) is 77.2 Å². The number of benzene rings is 2. The van der Waals surface area contributed by atoms with Gasteiger partial charge in [-0.3, -0.25) is 9.69 Å². The normalized spacial score (nSPS) is 16.6. The summed E-state index contributed by atoms with van der Waals surface area (Å²) in [6.07, 6.45) is 4.61. The van der Waals surface area contributed by atoms with Gasteiger partial charge in [0.25, 0.3) is 5.91 Å². The van der Waals surface area contributed by atoms with Crippen LogP contribution in [0.5, 0.6) is 5.75 Å². The Balaban J connectivity index is 1.68. The van der Waals surface area contributed by atoms with Crippen LogP contribution in [0, 0.1) is 0 Å². The lowest BCUT2D eigenvalue weighted by Crippen LogP contribution is -2.28. The van der Waals surface area contributed by atoms with Crippen molar-refractivity contribution < 1.29 is 14.3 Å². The Hall–Kier alpha value is -2.04. The summed E-state index contributed by atoms with van der Waals surface area (Å²) >= 11 is 20.1. The lowest BCUT2D eigenvalue weighted by atomic mass is 10.2. The van der Waals surface area contributed by atoms with Crippen molar-refractivity contribution in [3.63, 3.8) is 0 Å². The Labute approximate surface area is 220 Å². The average molecular weight is 630 g/mol. The molecule has 1 aliphatic heterocycles. The van der Waals surface area contributed by atoms with Gasteiger partial charge in [0.2, 0.25) is 0 Å². The first-order chi connectivity index (χ1) is 15.8. The number of hydrogen-bond donors (Lipinski definition) is 1. The molecule has 2 aromatic carbocycles. The third-order valence-electron chi connectivity index (χ3n) is 4.45. The number of aromatic hydroxyl groups is 1. The molecule has 11 heteroatoms. The van der Waals surface area contributed by atoms with Gasteiger partial charge < -0.3 is 9.52 Å². The Morgan fingerprint density at radius 2 is 1.97 bits per heavy atom. The van der Waals surface area contributed by atoms with E-state index in [1.54, 1.807) is 48.5 Å². The number of furan rings is 1. The molecule has 0 atom stereocenters. The standard InChI is InChI=1S/C22H13Br2Cl2N3O3S/c23-14-7-13(20(30)16(24)9-14)8-18-21(31)29(11-15-4-2-6-32-15)22(33-18)28-27-10-12-3-1-5-17(25)19(12)26/h1-10,30H,11H2/b18-8-,27-10-,28-22+. The van der Waals surface area contributed by atoms with Crippen LogP contribution >= 0.6 is 66.8 Å². The summed E-state index contributed by atoms with van der Waals surface area (Å²) in [7, 11) is 0. The molecule has 0 bridgehead atoms. The molecule has 3 aromatic rings. The Morgan fingerprint density at radius 1 is 1.15 bits per heavy atom. The topological polar surface area (TPSA) is 78.4 Å². The zero-order valence-electron chi connectivity index (χ0n) is 16.5. The van der Waals surface area contributed by atoms with Crippen molar-refractivity contribution >= 4 is 90.2 Å². The number of amidine groups is 1.